The molecule has 21 heavy (non-hydrogen) atoms. The highest BCUT2D eigenvalue weighted by Gasteiger charge is 2.18. The van der Waals surface area contributed by atoms with Crippen LogP contribution < -0.4 is 4.74 Å². The van der Waals surface area contributed by atoms with Gasteiger partial charge in [0.05, 0.1) is 11.3 Å². The van der Waals surface area contributed by atoms with Gasteiger partial charge < -0.3 is 9.84 Å². The summed E-state index contributed by atoms with van der Waals surface area (Å²) in [6.07, 6.45) is 1.31. The first kappa shape index (κ1) is 14.4. The van der Waals surface area contributed by atoms with Crippen molar-refractivity contribution in [1.29, 1.82) is 0 Å². The van der Waals surface area contributed by atoms with Crippen molar-refractivity contribution in [1.82, 2.24) is 4.98 Å². The molecule has 1 N–H and O–H groups in total. The Hall–Kier alpha value is -2.96. The monoisotopic (exact) mass is 288 g/mol. The number of aliphatic carboxylic acids is 1. The van der Waals surface area contributed by atoms with Crippen LogP contribution in [0.25, 0.3) is 0 Å². The van der Waals surface area contributed by atoms with E-state index in [-0.39, 0.29) is 18.0 Å². The summed E-state index contributed by atoms with van der Waals surface area (Å²) in [7, 11) is 0. The van der Waals surface area contributed by atoms with Gasteiger partial charge in [0.15, 0.2) is 0 Å². The van der Waals surface area contributed by atoms with Crippen LogP contribution in [0.4, 0.5) is 5.69 Å². The van der Waals surface area contributed by atoms with Gasteiger partial charge in [-0.2, -0.15) is 0 Å². The van der Waals surface area contributed by atoms with Crippen LogP contribution in [-0.2, 0) is 11.2 Å². The second kappa shape index (κ2) is 6.00. The molecule has 7 heteroatoms. The number of carbonyl (C=O) groups is 1. The quantitative estimate of drug-likeness (QED) is 0.670. The number of hydrogen-bond acceptors (Lipinski definition) is 5. The summed E-state index contributed by atoms with van der Waals surface area (Å²) in [5, 5.41) is 19.7. The molecule has 0 spiro atoms. The Labute approximate surface area is 120 Å². The molecular formula is C14H12N2O5. The van der Waals surface area contributed by atoms with E-state index < -0.39 is 10.9 Å². The molecule has 2 rings (SSSR count). The summed E-state index contributed by atoms with van der Waals surface area (Å²) < 4.78 is 5.40. The van der Waals surface area contributed by atoms with Crippen molar-refractivity contribution in [2.75, 3.05) is 0 Å². The highest BCUT2D eigenvalue weighted by molar-refractivity contribution is 5.70. The summed E-state index contributed by atoms with van der Waals surface area (Å²) in [5.74, 6) is -0.794. The molecule has 0 aliphatic heterocycles. The molecule has 0 unspecified atom stereocenters. The van der Waals surface area contributed by atoms with Crippen LogP contribution in [-0.4, -0.2) is 21.0 Å². The number of pyridine rings is 1. The van der Waals surface area contributed by atoms with Crippen LogP contribution in [0.15, 0.2) is 36.5 Å². The van der Waals surface area contributed by atoms with Crippen LogP contribution in [0, 0.1) is 17.0 Å². The van der Waals surface area contributed by atoms with Crippen molar-refractivity contribution >= 4 is 11.7 Å². The Bertz CT molecular complexity index is 700. The van der Waals surface area contributed by atoms with Gasteiger partial charge in [-0.15, -0.1) is 0 Å². The molecule has 1 heterocycles. The van der Waals surface area contributed by atoms with Crippen LogP contribution in [0.1, 0.15) is 11.1 Å². The van der Waals surface area contributed by atoms with E-state index >= 15 is 0 Å². The normalized spacial score (nSPS) is 10.1. The molecule has 0 aliphatic carbocycles. The Balaban J connectivity index is 2.30. The Morgan fingerprint density at radius 1 is 1.43 bits per heavy atom. The summed E-state index contributed by atoms with van der Waals surface area (Å²) in [4.78, 5) is 25.0. The van der Waals surface area contributed by atoms with E-state index in [2.05, 4.69) is 4.98 Å². The minimum Gasteiger partial charge on any atom is -0.481 e. The van der Waals surface area contributed by atoms with Crippen molar-refractivity contribution in [3.05, 3.63) is 57.8 Å². The smallest absolute Gasteiger partial charge is 0.331 e. The fourth-order valence-corrected chi connectivity index (χ4v) is 1.76. The zero-order valence-corrected chi connectivity index (χ0v) is 11.1. The van der Waals surface area contributed by atoms with Gasteiger partial charge in [0, 0.05) is 12.3 Å². The van der Waals surface area contributed by atoms with Gasteiger partial charge in [0.1, 0.15) is 5.75 Å². The predicted molar refractivity (Wildman–Crippen MR) is 73.5 cm³/mol. The molecule has 0 atom stereocenters. The summed E-state index contributed by atoms with van der Waals surface area (Å²) in [6, 6.07) is 7.71. The molecule has 0 amide bonds. The summed E-state index contributed by atoms with van der Waals surface area (Å²) in [5.41, 5.74) is 0.946. The molecule has 1 aromatic heterocycles. The number of aryl methyl sites for hydroxylation is 1. The lowest BCUT2D eigenvalue weighted by molar-refractivity contribution is -0.386. The third-order valence-corrected chi connectivity index (χ3v) is 2.63. The first-order valence-corrected chi connectivity index (χ1v) is 6.05. The molecule has 7 nitrogen and oxygen atoms in total. The molecule has 108 valence electrons. The highest BCUT2D eigenvalue weighted by Crippen LogP contribution is 2.29. The summed E-state index contributed by atoms with van der Waals surface area (Å²) >= 11 is 0. The Morgan fingerprint density at radius 2 is 2.19 bits per heavy atom. The first-order chi connectivity index (χ1) is 9.95. The van der Waals surface area contributed by atoms with Gasteiger partial charge in [-0.1, -0.05) is 12.1 Å². The molecular weight excluding hydrogens is 276 g/mol. The van der Waals surface area contributed by atoms with Gasteiger partial charge in [-0.05, 0) is 30.2 Å². The lowest BCUT2D eigenvalue weighted by Gasteiger charge is -2.07. The van der Waals surface area contributed by atoms with E-state index in [4.69, 9.17) is 9.84 Å². The fraction of sp³-hybridized carbons (Fsp3) is 0.143. The SMILES string of the molecule is Cc1cnc(Oc2cccc(CC(=O)O)c2)c([N+](=O)[O-])c1. The largest absolute Gasteiger partial charge is 0.481 e. The fourth-order valence-electron chi connectivity index (χ4n) is 1.76. The standard InChI is InChI=1S/C14H12N2O5/c1-9-5-12(16(19)20)14(15-8-9)21-11-4-2-3-10(6-11)7-13(17)18/h2-6,8H,7H2,1H3,(H,17,18). The topological polar surface area (TPSA) is 103 Å². The number of rotatable bonds is 5. The summed E-state index contributed by atoms with van der Waals surface area (Å²) in [6.45, 7) is 1.69. The van der Waals surface area contributed by atoms with E-state index in [1.807, 2.05) is 0 Å². The van der Waals surface area contributed by atoms with Crippen molar-refractivity contribution < 1.29 is 19.6 Å². The first-order valence-electron chi connectivity index (χ1n) is 6.05. The second-order valence-electron chi connectivity index (χ2n) is 4.41. The molecule has 0 bridgehead atoms. The minimum atomic E-state index is -0.966. The van der Waals surface area contributed by atoms with Crippen LogP contribution in [0.2, 0.25) is 0 Å². The van der Waals surface area contributed by atoms with E-state index in [0.717, 1.165) is 0 Å². The zero-order chi connectivity index (χ0) is 15.4. The van der Waals surface area contributed by atoms with Crippen LogP contribution >= 0.6 is 0 Å². The third kappa shape index (κ3) is 3.75. The predicted octanol–water partition coefficient (Wildman–Crippen LogP) is 2.72. The Morgan fingerprint density at radius 3 is 2.86 bits per heavy atom. The van der Waals surface area contributed by atoms with Gasteiger partial charge in [0.25, 0.3) is 5.88 Å². The Kier molecular flexibility index (Phi) is 4.13. The molecule has 0 saturated heterocycles. The molecule has 0 saturated carbocycles. The van der Waals surface area contributed by atoms with Crippen molar-refractivity contribution in [2.45, 2.75) is 13.3 Å². The molecule has 0 fully saturated rings. The number of carboxylic acid groups (broad SMARTS) is 1. The van der Waals surface area contributed by atoms with E-state index in [0.29, 0.717) is 16.9 Å². The molecule has 2 aromatic rings. The average Bonchev–Trinajstić information content (AvgIpc) is 2.40. The van der Waals surface area contributed by atoms with Crippen molar-refractivity contribution in [2.24, 2.45) is 0 Å². The number of benzene rings is 1. The van der Waals surface area contributed by atoms with Gasteiger partial charge >= 0.3 is 11.7 Å². The number of aromatic nitrogens is 1. The number of nitrogens with zero attached hydrogens (tertiary/aromatic N) is 2. The van der Waals surface area contributed by atoms with Crippen LogP contribution in [0.5, 0.6) is 11.6 Å². The van der Waals surface area contributed by atoms with E-state index in [9.17, 15) is 14.9 Å². The second-order valence-corrected chi connectivity index (χ2v) is 4.41. The molecule has 0 aliphatic rings. The van der Waals surface area contributed by atoms with Gasteiger partial charge in [0.2, 0.25) is 0 Å². The highest BCUT2D eigenvalue weighted by atomic mass is 16.6. The zero-order valence-electron chi connectivity index (χ0n) is 11.1. The van der Waals surface area contributed by atoms with Crippen LogP contribution in [0.3, 0.4) is 0 Å². The van der Waals surface area contributed by atoms with Gasteiger partial charge in [-0.3, -0.25) is 14.9 Å². The third-order valence-electron chi connectivity index (χ3n) is 2.63. The lowest BCUT2D eigenvalue weighted by Crippen LogP contribution is -2.00. The maximum Gasteiger partial charge on any atom is 0.331 e. The number of ether oxygens (including phenoxy) is 1. The molecule has 1 aromatic carbocycles. The molecule has 0 radical (unpaired) electrons. The lowest BCUT2D eigenvalue weighted by atomic mass is 10.1. The minimum absolute atomic E-state index is 0.127. The van der Waals surface area contributed by atoms with Crippen molar-refractivity contribution in [3.63, 3.8) is 0 Å². The van der Waals surface area contributed by atoms with Gasteiger partial charge in [-0.25, -0.2) is 4.98 Å². The number of hydrogen-bond donors (Lipinski definition) is 1. The van der Waals surface area contributed by atoms with E-state index in [1.165, 1.54) is 18.3 Å². The maximum absolute atomic E-state index is 11.0. The van der Waals surface area contributed by atoms with Crippen molar-refractivity contribution in [3.8, 4) is 11.6 Å². The maximum atomic E-state index is 11.0. The van der Waals surface area contributed by atoms with E-state index in [1.54, 1.807) is 25.1 Å². The average molecular weight is 288 g/mol. The number of carboxylic acids is 1. The number of nitro groups is 1.